The Morgan fingerprint density at radius 1 is 0.944 bits per heavy atom. The van der Waals surface area contributed by atoms with Gasteiger partial charge in [0.15, 0.2) is 0 Å². The van der Waals surface area contributed by atoms with Gasteiger partial charge in [0.2, 0.25) is 0 Å². The minimum atomic E-state index is -0.767. The Bertz CT molecular complexity index is 1330. The molecule has 0 aromatic heterocycles. The van der Waals surface area contributed by atoms with Crippen molar-refractivity contribution in [3.63, 3.8) is 0 Å². The highest BCUT2D eigenvalue weighted by Crippen LogP contribution is 2.43. The van der Waals surface area contributed by atoms with Crippen LogP contribution in [-0.2, 0) is 15.0 Å². The summed E-state index contributed by atoms with van der Waals surface area (Å²) in [6, 6.07) is 19.9. The summed E-state index contributed by atoms with van der Waals surface area (Å²) in [6.07, 6.45) is 0. The van der Waals surface area contributed by atoms with Crippen LogP contribution >= 0.6 is 0 Å². The fourth-order valence-corrected chi connectivity index (χ4v) is 4.59. The van der Waals surface area contributed by atoms with E-state index in [4.69, 9.17) is 4.74 Å². The Morgan fingerprint density at radius 2 is 1.58 bits per heavy atom. The molecule has 0 saturated carbocycles. The van der Waals surface area contributed by atoms with Crippen molar-refractivity contribution in [2.75, 3.05) is 11.5 Å². The van der Waals surface area contributed by atoms with Gasteiger partial charge in [-0.1, -0.05) is 62.7 Å². The van der Waals surface area contributed by atoms with Gasteiger partial charge in [-0.2, -0.15) is 0 Å². The zero-order chi connectivity index (χ0) is 26.2. The van der Waals surface area contributed by atoms with Gasteiger partial charge in [-0.15, -0.1) is 0 Å². The lowest BCUT2D eigenvalue weighted by molar-refractivity contribution is -0.132. The van der Waals surface area contributed by atoms with E-state index in [1.807, 2.05) is 63.2 Å². The van der Waals surface area contributed by atoms with Gasteiger partial charge < -0.3 is 9.84 Å². The van der Waals surface area contributed by atoms with Crippen LogP contribution in [0.25, 0.3) is 5.76 Å². The van der Waals surface area contributed by atoms with E-state index >= 15 is 0 Å². The maximum Gasteiger partial charge on any atom is 0.300 e. The molecule has 3 aromatic carbocycles. The third-order valence-electron chi connectivity index (χ3n) is 6.61. The first-order valence-corrected chi connectivity index (χ1v) is 12.2. The van der Waals surface area contributed by atoms with Crippen molar-refractivity contribution in [2.45, 2.75) is 53.0 Å². The second-order valence-corrected chi connectivity index (χ2v) is 10.3. The van der Waals surface area contributed by atoms with Crippen LogP contribution in [0.3, 0.4) is 0 Å². The number of aliphatic hydroxyl groups excluding tert-OH is 1. The molecule has 0 radical (unpaired) electrons. The minimum Gasteiger partial charge on any atom is -0.507 e. The largest absolute Gasteiger partial charge is 0.507 e. The van der Waals surface area contributed by atoms with Crippen LogP contribution in [0.4, 0.5) is 5.69 Å². The van der Waals surface area contributed by atoms with Crippen LogP contribution in [0.15, 0.2) is 72.3 Å². The summed E-state index contributed by atoms with van der Waals surface area (Å²) in [7, 11) is 0. The molecule has 3 aromatic rings. The highest BCUT2D eigenvalue weighted by molar-refractivity contribution is 6.51. The number of nitrogens with zero attached hydrogens (tertiary/aromatic N) is 1. The molecule has 1 fully saturated rings. The van der Waals surface area contributed by atoms with Crippen LogP contribution in [-0.4, -0.2) is 23.4 Å². The maximum absolute atomic E-state index is 13.4. The van der Waals surface area contributed by atoms with E-state index in [2.05, 4.69) is 20.8 Å². The molecule has 0 bridgehead atoms. The monoisotopic (exact) mass is 483 g/mol. The number of ketones is 1. The summed E-state index contributed by atoms with van der Waals surface area (Å²) < 4.78 is 5.55. The summed E-state index contributed by atoms with van der Waals surface area (Å²) in [5.74, 6) is -0.852. The zero-order valence-corrected chi connectivity index (χ0v) is 21.8. The van der Waals surface area contributed by atoms with Gasteiger partial charge in [0, 0.05) is 11.3 Å². The van der Waals surface area contributed by atoms with Crippen molar-refractivity contribution in [2.24, 2.45) is 0 Å². The number of amides is 1. The lowest BCUT2D eigenvalue weighted by atomic mass is 9.85. The van der Waals surface area contributed by atoms with E-state index in [9.17, 15) is 14.7 Å². The van der Waals surface area contributed by atoms with E-state index in [0.29, 0.717) is 23.6 Å². The molecule has 1 aliphatic rings. The van der Waals surface area contributed by atoms with E-state index in [1.165, 1.54) is 4.90 Å². The number of rotatable bonds is 5. The lowest BCUT2D eigenvalue weighted by Crippen LogP contribution is -2.29. The first-order valence-electron chi connectivity index (χ1n) is 12.2. The molecular weight excluding hydrogens is 450 g/mol. The minimum absolute atomic E-state index is 0.0475. The predicted octanol–water partition coefficient (Wildman–Crippen LogP) is 6.63. The van der Waals surface area contributed by atoms with Gasteiger partial charge in [0.25, 0.3) is 11.7 Å². The van der Waals surface area contributed by atoms with Crippen molar-refractivity contribution in [1.29, 1.82) is 0 Å². The molecule has 1 amide bonds. The highest BCUT2D eigenvalue weighted by Gasteiger charge is 2.47. The van der Waals surface area contributed by atoms with Crippen molar-refractivity contribution in [3.8, 4) is 5.75 Å². The molecule has 1 heterocycles. The summed E-state index contributed by atoms with van der Waals surface area (Å²) in [4.78, 5) is 28.3. The number of Topliss-reactive ketones (excluding diaryl/α,β-unsaturated/α-hetero) is 1. The van der Waals surface area contributed by atoms with Gasteiger partial charge >= 0.3 is 0 Å². The van der Waals surface area contributed by atoms with Crippen molar-refractivity contribution < 1.29 is 19.4 Å². The molecule has 1 aliphatic heterocycles. The number of carbonyl (C=O) groups is 2. The van der Waals surface area contributed by atoms with E-state index in [-0.39, 0.29) is 16.7 Å². The van der Waals surface area contributed by atoms with E-state index in [1.54, 1.807) is 24.3 Å². The zero-order valence-electron chi connectivity index (χ0n) is 21.8. The average molecular weight is 484 g/mol. The highest BCUT2D eigenvalue weighted by atomic mass is 16.5. The quantitative estimate of drug-likeness (QED) is 0.251. The molecule has 4 rings (SSSR count). The summed E-state index contributed by atoms with van der Waals surface area (Å²) in [6.45, 7) is 12.6. The van der Waals surface area contributed by atoms with Crippen LogP contribution < -0.4 is 9.64 Å². The second kappa shape index (κ2) is 9.65. The lowest BCUT2D eigenvalue weighted by Gasteiger charge is -2.27. The van der Waals surface area contributed by atoms with Crippen molar-refractivity contribution in [1.82, 2.24) is 0 Å². The number of aryl methyl sites for hydroxylation is 2. The van der Waals surface area contributed by atoms with Gasteiger partial charge in [0.05, 0.1) is 18.2 Å². The topological polar surface area (TPSA) is 66.8 Å². The molecular formula is C31H33NO4. The summed E-state index contributed by atoms with van der Waals surface area (Å²) in [5.41, 5.74) is 4.82. The number of aliphatic hydroxyl groups is 1. The molecule has 36 heavy (non-hydrogen) atoms. The first kappa shape index (κ1) is 25.2. The SMILES string of the molecule is CCOc1ccc(N2C(=O)C(=O)/C(=C(/O)c3cc(C)ccc3C)C2c2ccc(C(C)(C)C)cc2)cc1. The second-order valence-electron chi connectivity index (χ2n) is 10.3. The van der Waals surface area contributed by atoms with Crippen molar-refractivity contribution in [3.05, 3.63) is 100 Å². The third-order valence-corrected chi connectivity index (χ3v) is 6.61. The number of benzene rings is 3. The number of hydrogen-bond donors (Lipinski definition) is 1. The summed E-state index contributed by atoms with van der Waals surface area (Å²) >= 11 is 0. The Kier molecular flexibility index (Phi) is 6.77. The molecule has 186 valence electrons. The Balaban J connectivity index is 1.92. The molecule has 1 atom stereocenters. The third kappa shape index (κ3) is 4.66. The van der Waals surface area contributed by atoms with Crippen molar-refractivity contribution >= 4 is 23.1 Å². The van der Waals surface area contributed by atoms with Crippen LogP contribution in [0.1, 0.15) is 61.6 Å². The standard InChI is InChI=1S/C31H33NO4/c1-7-36-24-16-14-23(15-17-24)32-27(21-10-12-22(13-11-21)31(4,5)6)26(29(34)30(32)35)28(33)25-18-19(2)8-9-20(25)3/h8-18,27,33H,7H2,1-6H3/b28-26+. The summed E-state index contributed by atoms with van der Waals surface area (Å²) in [5, 5.41) is 11.5. The molecule has 1 unspecified atom stereocenters. The Morgan fingerprint density at radius 3 is 2.17 bits per heavy atom. The van der Waals surface area contributed by atoms with Crippen LogP contribution in [0.2, 0.25) is 0 Å². The fourth-order valence-electron chi connectivity index (χ4n) is 4.59. The number of ether oxygens (including phenoxy) is 1. The molecule has 0 aliphatic carbocycles. The molecule has 1 N–H and O–H groups in total. The normalized spacial score (nSPS) is 17.5. The molecule has 5 nitrogen and oxygen atoms in total. The van der Waals surface area contributed by atoms with Crippen LogP contribution in [0.5, 0.6) is 5.75 Å². The first-order chi connectivity index (χ1) is 17.0. The fraction of sp³-hybridized carbons (Fsp3) is 0.290. The maximum atomic E-state index is 13.4. The predicted molar refractivity (Wildman–Crippen MR) is 143 cm³/mol. The number of hydrogen-bond acceptors (Lipinski definition) is 4. The molecule has 0 spiro atoms. The van der Waals surface area contributed by atoms with Gasteiger partial charge in [-0.3, -0.25) is 14.5 Å². The van der Waals surface area contributed by atoms with Gasteiger partial charge in [-0.05, 0) is 73.2 Å². The average Bonchev–Trinajstić information content (AvgIpc) is 3.11. The van der Waals surface area contributed by atoms with E-state index in [0.717, 1.165) is 22.3 Å². The molecule has 5 heteroatoms. The Labute approximate surface area is 213 Å². The van der Waals surface area contributed by atoms with E-state index < -0.39 is 17.7 Å². The number of carbonyl (C=O) groups excluding carboxylic acids is 2. The number of anilines is 1. The van der Waals surface area contributed by atoms with Gasteiger partial charge in [0.1, 0.15) is 11.5 Å². The van der Waals surface area contributed by atoms with Gasteiger partial charge in [-0.25, -0.2) is 0 Å². The smallest absolute Gasteiger partial charge is 0.300 e. The Hall–Kier alpha value is -3.86. The molecule has 1 saturated heterocycles. The van der Waals surface area contributed by atoms with Crippen LogP contribution in [0, 0.1) is 13.8 Å².